The number of hydrazone groups is 1. The lowest BCUT2D eigenvalue weighted by Crippen LogP contribution is -2.35. The van der Waals surface area contributed by atoms with Gasteiger partial charge in [0.2, 0.25) is 0 Å². The van der Waals surface area contributed by atoms with E-state index in [4.69, 9.17) is 0 Å². The van der Waals surface area contributed by atoms with E-state index in [1.165, 1.54) is 6.21 Å². The van der Waals surface area contributed by atoms with Gasteiger partial charge in [0, 0.05) is 26.6 Å². The molecule has 0 aliphatic heterocycles. The normalized spacial score (nSPS) is 11.0. The number of thiophene rings is 1. The molecule has 26 heavy (non-hydrogen) atoms. The van der Waals surface area contributed by atoms with E-state index in [9.17, 15) is 18.4 Å². The average Bonchev–Trinajstić information content (AvgIpc) is 3.05. The molecule has 3 rings (SSSR count). The number of benzene rings is 2. The molecule has 0 aliphatic carbocycles. The number of rotatable bonds is 5. The highest BCUT2D eigenvalue weighted by atomic mass is 32.1. The first-order chi connectivity index (χ1) is 12.5. The van der Waals surface area contributed by atoms with Crippen LogP contribution in [0.1, 0.15) is 15.9 Å². The molecule has 0 radical (unpaired) electrons. The molecule has 5 nitrogen and oxygen atoms in total. The molecule has 0 spiro atoms. The van der Waals surface area contributed by atoms with E-state index >= 15 is 0 Å². The Hall–Kier alpha value is -3.13. The van der Waals surface area contributed by atoms with Crippen molar-refractivity contribution in [2.45, 2.75) is 0 Å². The topological polar surface area (TPSA) is 70.6 Å². The van der Waals surface area contributed by atoms with Gasteiger partial charge in [-0.15, -0.1) is 11.3 Å². The highest BCUT2D eigenvalue weighted by Crippen LogP contribution is 2.24. The maximum Gasteiger partial charge on any atom is 0.259 e. The van der Waals surface area contributed by atoms with Gasteiger partial charge in [0.15, 0.2) is 11.6 Å². The fourth-order valence-corrected chi connectivity index (χ4v) is 3.12. The van der Waals surface area contributed by atoms with Crippen molar-refractivity contribution in [1.82, 2.24) is 10.7 Å². The van der Waals surface area contributed by atoms with Crippen LogP contribution in [0.5, 0.6) is 0 Å². The van der Waals surface area contributed by atoms with Crippen LogP contribution in [0.4, 0.5) is 8.78 Å². The summed E-state index contributed by atoms with van der Waals surface area (Å²) in [5.41, 5.74) is 3.09. The van der Waals surface area contributed by atoms with Gasteiger partial charge in [0.25, 0.3) is 11.8 Å². The van der Waals surface area contributed by atoms with E-state index < -0.39 is 23.4 Å². The highest BCUT2D eigenvalue weighted by molar-refractivity contribution is 7.17. The highest BCUT2D eigenvalue weighted by Gasteiger charge is 2.10. The van der Waals surface area contributed by atoms with Gasteiger partial charge in [-0.1, -0.05) is 18.2 Å². The summed E-state index contributed by atoms with van der Waals surface area (Å²) in [5, 5.41) is 9.12. The van der Waals surface area contributed by atoms with E-state index in [-0.39, 0.29) is 12.1 Å². The Morgan fingerprint density at radius 3 is 2.73 bits per heavy atom. The Bertz CT molecular complexity index is 1000. The molecule has 0 aliphatic rings. The van der Waals surface area contributed by atoms with E-state index in [1.807, 2.05) is 29.6 Å². The molecule has 8 heteroatoms. The second-order valence-corrected chi connectivity index (χ2v) is 6.20. The first-order valence-electron chi connectivity index (χ1n) is 7.56. The van der Waals surface area contributed by atoms with Crippen LogP contribution in [-0.2, 0) is 4.79 Å². The molecule has 2 aromatic carbocycles. The van der Waals surface area contributed by atoms with Crippen LogP contribution >= 0.6 is 11.3 Å². The third kappa shape index (κ3) is 4.09. The zero-order chi connectivity index (χ0) is 18.5. The molecule has 2 N–H and O–H groups in total. The van der Waals surface area contributed by atoms with Crippen molar-refractivity contribution in [2.75, 3.05) is 6.54 Å². The lowest BCUT2D eigenvalue weighted by molar-refractivity contribution is -0.120. The number of carbonyl (C=O) groups is 2. The van der Waals surface area contributed by atoms with Crippen LogP contribution in [0.25, 0.3) is 10.1 Å². The molecule has 132 valence electrons. The van der Waals surface area contributed by atoms with Gasteiger partial charge in [-0.25, -0.2) is 14.2 Å². The molecular weight excluding hydrogens is 360 g/mol. The van der Waals surface area contributed by atoms with Gasteiger partial charge >= 0.3 is 0 Å². The van der Waals surface area contributed by atoms with Crippen LogP contribution in [0, 0.1) is 11.6 Å². The summed E-state index contributed by atoms with van der Waals surface area (Å²) < 4.78 is 27.1. The largest absolute Gasteiger partial charge is 0.343 e. The smallest absolute Gasteiger partial charge is 0.259 e. The summed E-state index contributed by atoms with van der Waals surface area (Å²) in [6.07, 6.45) is 1.52. The fourth-order valence-electron chi connectivity index (χ4n) is 2.21. The fraction of sp³-hybridized carbons (Fsp3) is 0.0556. The summed E-state index contributed by atoms with van der Waals surface area (Å²) >= 11 is 1.57. The van der Waals surface area contributed by atoms with Crippen LogP contribution in [0.3, 0.4) is 0 Å². The molecule has 3 aromatic rings. The van der Waals surface area contributed by atoms with Crippen molar-refractivity contribution < 1.29 is 18.4 Å². The summed E-state index contributed by atoms with van der Waals surface area (Å²) in [7, 11) is 0. The van der Waals surface area contributed by atoms with Crippen molar-refractivity contribution in [3.63, 3.8) is 0 Å². The van der Waals surface area contributed by atoms with Gasteiger partial charge < -0.3 is 5.32 Å². The number of hydrogen-bond donors (Lipinski definition) is 2. The number of fused-ring (bicyclic) bond motifs is 1. The molecule has 0 fully saturated rings. The Labute approximate surface area is 151 Å². The number of nitrogens with one attached hydrogen (secondary N) is 2. The minimum Gasteiger partial charge on any atom is -0.343 e. The zero-order valence-corrected chi connectivity index (χ0v) is 14.1. The van der Waals surface area contributed by atoms with E-state index in [2.05, 4.69) is 15.8 Å². The van der Waals surface area contributed by atoms with Crippen molar-refractivity contribution in [3.05, 3.63) is 70.6 Å². The molecule has 1 aromatic heterocycles. The van der Waals surface area contributed by atoms with Gasteiger partial charge in [-0.2, -0.15) is 5.10 Å². The summed E-state index contributed by atoms with van der Waals surface area (Å²) in [6.45, 7) is -0.348. The van der Waals surface area contributed by atoms with E-state index in [0.29, 0.717) is 0 Å². The molecule has 2 amide bonds. The van der Waals surface area contributed by atoms with Crippen LogP contribution in [0.15, 0.2) is 52.9 Å². The predicted octanol–water partition coefficient (Wildman–Crippen LogP) is 3.06. The van der Waals surface area contributed by atoms with Crippen molar-refractivity contribution in [1.29, 1.82) is 0 Å². The average molecular weight is 373 g/mol. The summed E-state index contributed by atoms with van der Waals surface area (Å²) in [4.78, 5) is 23.5. The van der Waals surface area contributed by atoms with Crippen LogP contribution in [-0.4, -0.2) is 24.6 Å². The third-order valence-corrected chi connectivity index (χ3v) is 4.48. The predicted molar refractivity (Wildman–Crippen MR) is 96.3 cm³/mol. The maximum absolute atomic E-state index is 13.1. The molecule has 0 saturated carbocycles. The maximum atomic E-state index is 13.1. The summed E-state index contributed by atoms with van der Waals surface area (Å²) in [6, 6.07) is 10.5. The van der Waals surface area contributed by atoms with Gasteiger partial charge in [0.1, 0.15) is 0 Å². The molecule has 0 atom stereocenters. The minimum atomic E-state index is -1.13. The monoisotopic (exact) mass is 373 g/mol. The Morgan fingerprint density at radius 1 is 1.12 bits per heavy atom. The SMILES string of the molecule is O=C(CNC(=O)c1ccc(F)c(F)c1)N/N=C/c1csc2ccccc12. The lowest BCUT2D eigenvalue weighted by atomic mass is 10.2. The minimum absolute atomic E-state index is 0.0788. The van der Waals surface area contributed by atoms with Gasteiger partial charge in [-0.05, 0) is 24.3 Å². The zero-order valence-electron chi connectivity index (χ0n) is 13.3. The van der Waals surface area contributed by atoms with Crippen molar-refractivity contribution >= 4 is 39.5 Å². The number of nitrogens with zero attached hydrogens (tertiary/aromatic N) is 1. The quantitative estimate of drug-likeness (QED) is 0.533. The van der Waals surface area contributed by atoms with E-state index in [1.54, 1.807) is 11.3 Å². The summed E-state index contributed by atoms with van der Waals surface area (Å²) in [5.74, 6) is -3.41. The second-order valence-electron chi connectivity index (χ2n) is 5.29. The van der Waals surface area contributed by atoms with Crippen LogP contribution in [0.2, 0.25) is 0 Å². The molecular formula is C18H13F2N3O2S. The van der Waals surface area contributed by atoms with E-state index in [0.717, 1.165) is 33.8 Å². The van der Waals surface area contributed by atoms with Crippen LogP contribution < -0.4 is 10.7 Å². The second kappa shape index (κ2) is 7.83. The standard InChI is InChI=1S/C18H13F2N3O2S/c19-14-6-5-11(7-15(14)20)18(25)21-9-17(24)23-22-8-12-10-26-16-4-2-1-3-13(12)16/h1-8,10H,9H2,(H,21,25)(H,23,24)/b22-8+. The first kappa shape index (κ1) is 17.7. The van der Waals surface area contributed by atoms with Gasteiger partial charge in [-0.3, -0.25) is 9.59 Å². The Kier molecular flexibility index (Phi) is 5.33. The number of halogens is 2. The van der Waals surface area contributed by atoms with Crippen molar-refractivity contribution in [3.8, 4) is 0 Å². The number of carbonyl (C=O) groups excluding carboxylic acids is 2. The molecule has 0 bridgehead atoms. The number of hydrogen-bond acceptors (Lipinski definition) is 4. The molecule has 0 unspecified atom stereocenters. The third-order valence-electron chi connectivity index (χ3n) is 3.50. The van der Waals surface area contributed by atoms with Gasteiger partial charge in [0.05, 0.1) is 12.8 Å². The Balaban J connectivity index is 1.52. The lowest BCUT2D eigenvalue weighted by Gasteiger charge is -2.04. The molecule has 0 saturated heterocycles. The Morgan fingerprint density at radius 2 is 1.92 bits per heavy atom. The van der Waals surface area contributed by atoms with Crippen molar-refractivity contribution in [2.24, 2.45) is 5.10 Å². The number of amides is 2. The first-order valence-corrected chi connectivity index (χ1v) is 8.44. The molecule has 1 heterocycles.